The second kappa shape index (κ2) is 6.75. The summed E-state index contributed by atoms with van der Waals surface area (Å²) >= 11 is 0. The summed E-state index contributed by atoms with van der Waals surface area (Å²) in [7, 11) is 0. The van der Waals surface area contributed by atoms with Crippen molar-refractivity contribution in [1.29, 1.82) is 0 Å². The lowest BCUT2D eigenvalue weighted by atomic mass is 9.95. The van der Waals surface area contributed by atoms with Crippen LogP contribution in [0.25, 0.3) is 0 Å². The number of aromatic nitrogens is 2. The quantitative estimate of drug-likeness (QED) is 0.905. The standard InChI is InChI=1S/C17H21N3O3/c1-17(2,3)20(16(22)23)14(12-8-4-6-10-18-12)15(21)13-9-5-7-11-19-13/h4-11,14-15,21H,1-3H3,(H,22,23). The molecule has 0 aromatic carbocycles. The molecule has 1 amide bonds. The number of aliphatic hydroxyl groups is 1. The Morgan fingerprint density at radius 3 is 1.96 bits per heavy atom. The topological polar surface area (TPSA) is 86.6 Å². The molecule has 0 aliphatic carbocycles. The average molecular weight is 315 g/mol. The molecule has 6 heteroatoms. The molecule has 2 aromatic rings. The number of rotatable bonds is 4. The van der Waals surface area contributed by atoms with Crippen molar-refractivity contribution in [2.45, 2.75) is 38.5 Å². The molecular formula is C17H21N3O3. The lowest BCUT2D eigenvalue weighted by Gasteiger charge is -2.41. The van der Waals surface area contributed by atoms with Crippen molar-refractivity contribution >= 4 is 6.09 Å². The predicted molar refractivity (Wildman–Crippen MR) is 85.8 cm³/mol. The summed E-state index contributed by atoms with van der Waals surface area (Å²) < 4.78 is 0. The van der Waals surface area contributed by atoms with Crippen LogP contribution in [-0.2, 0) is 0 Å². The van der Waals surface area contributed by atoms with Gasteiger partial charge in [-0.05, 0) is 45.0 Å². The molecule has 23 heavy (non-hydrogen) atoms. The van der Waals surface area contributed by atoms with Crippen molar-refractivity contribution < 1.29 is 15.0 Å². The van der Waals surface area contributed by atoms with E-state index in [1.54, 1.807) is 69.6 Å². The van der Waals surface area contributed by atoms with Crippen molar-refractivity contribution in [3.05, 3.63) is 60.2 Å². The second-order valence-electron chi connectivity index (χ2n) is 6.22. The van der Waals surface area contributed by atoms with Gasteiger partial charge >= 0.3 is 6.09 Å². The van der Waals surface area contributed by atoms with Gasteiger partial charge in [0.2, 0.25) is 0 Å². The third-order valence-corrected chi connectivity index (χ3v) is 3.49. The van der Waals surface area contributed by atoms with Gasteiger partial charge in [-0.2, -0.15) is 0 Å². The zero-order valence-corrected chi connectivity index (χ0v) is 13.4. The minimum Gasteiger partial charge on any atom is -0.465 e. The monoisotopic (exact) mass is 315 g/mol. The van der Waals surface area contributed by atoms with E-state index in [1.165, 1.54) is 4.90 Å². The van der Waals surface area contributed by atoms with Gasteiger partial charge in [0.25, 0.3) is 0 Å². The van der Waals surface area contributed by atoms with Crippen LogP contribution in [0.15, 0.2) is 48.8 Å². The number of carboxylic acid groups (broad SMARTS) is 1. The number of aliphatic hydroxyl groups excluding tert-OH is 1. The molecule has 2 atom stereocenters. The molecule has 0 fully saturated rings. The van der Waals surface area contributed by atoms with Crippen molar-refractivity contribution in [1.82, 2.24) is 14.9 Å². The summed E-state index contributed by atoms with van der Waals surface area (Å²) in [4.78, 5) is 21.5. The molecular weight excluding hydrogens is 294 g/mol. The first-order valence-corrected chi connectivity index (χ1v) is 7.34. The van der Waals surface area contributed by atoms with E-state index < -0.39 is 23.8 Å². The zero-order valence-electron chi connectivity index (χ0n) is 13.4. The first-order chi connectivity index (χ1) is 10.8. The molecule has 2 rings (SSSR count). The van der Waals surface area contributed by atoms with Gasteiger partial charge in [-0.1, -0.05) is 12.1 Å². The van der Waals surface area contributed by atoms with Gasteiger partial charge < -0.3 is 10.2 Å². The maximum Gasteiger partial charge on any atom is 0.408 e. The second-order valence-corrected chi connectivity index (χ2v) is 6.22. The number of hydrogen-bond acceptors (Lipinski definition) is 4. The summed E-state index contributed by atoms with van der Waals surface area (Å²) in [6, 6.07) is 9.53. The Kier molecular flexibility index (Phi) is 4.95. The molecule has 0 saturated carbocycles. The third-order valence-electron chi connectivity index (χ3n) is 3.49. The van der Waals surface area contributed by atoms with E-state index >= 15 is 0 Å². The smallest absolute Gasteiger partial charge is 0.408 e. The molecule has 0 radical (unpaired) electrons. The summed E-state index contributed by atoms with van der Waals surface area (Å²) in [6.07, 6.45) is 0.899. The van der Waals surface area contributed by atoms with Crippen LogP contribution in [0, 0.1) is 0 Å². The van der Waals surface area contributed by atoms with Gasteiger partial charge in [0.1, 0.15) is 12.1 Å². The molecule has 6 nitrogen and oxygen atoms in total. The van der Waals surface area contributed by atoms with Gasteiger partial charge in [0, 0.05) is 17.9 Å². The lowest BCUT2D eigenvalue weighted by molar-refractivity contribution is 0.00162. The highest BCUT2D eigenvalue weighted by Gasteiger charge is 2.40. The van der Waals surface area contributed by atoms with Crippen LogP contribution in [0.4, 0.5) is 4.79 Å². The predicted octanol–water partition coefficient (Wildman–Crippen LogP) is 3.03. The van der Waals surface area contributed by atoms with Gasteiger partial charge in [-0.15, -0.1) is 0 Å². The van der Waals surface area contributed by atoms with Crippen LogP contribution in [0.2, 0.25) is 0 Å². The maximum atomic E-state index is 11.9. The largest absolute Gasteiger partial charge is 0.465 e. The van der Waals surface area contributed by atoms with Crippen molar-refractivity contribution in [3.8, 4) is 0 Å². The number of nitrogens with zero attached hydrogens (tertiary/aromatic N) is 3. The lowest BCUT2D eigenvalue weighted by Crippen LogP contribution is -2.49. The van der Waals surface area contributed by atoms with Crippen LogP contribution in [-0.4, -0.2) is 36.7 Å². The maximum absolute atomic E-state index is 11.9. The van der Waals surface area contributed by atoms with Gasteiger partial charge in [-0.3, -0.25) is 14.9 Å². The van der Waals surface area contributed by atoms with Crippen LogP contribution < -0.4 is 0 Å². The Balaban J connectivity index is 2.54. The van der Waals surface area contributed by atoms with E-state index in [0.29, 0.717) is 11.4 Å². The van der Waals surface area contributed by atoms with E-state index in [0.717, 1.165) is 0 Å². The third kappa shape index (κ3) is 3.84. The SMILES string of the molecule is CC(C)(C)N(C(=O)O)C(c1ccccn1)C(O)c1ccccn1. The summed E-state index contributed by atoms with van der Waals surface area (Å²) in [5, 5.41) is 20.5. The first-order valence-electron chi connectivity index (χ1n) is 7.34. The van der Waals surface area contributed by atoms with Crippen LogP contribution in [0.5, 0.6) is 0 Å². The minimum absolute atomic E-state index is 0.402. The van der Waals surface area contributed by atoms with Crippen LogP contribution >= 0.6 is 0 Å². The molecule has 0 saturated heterocycles. The molecule has 2 unspecified atom stereocenters. The van der Waals surface area contributed by atoms with E-state index in [9.17, 15) is 15.0 Å². The Hall–Kier alpha value is -2.47. The zero-order chi connectivity index (χ0) is 17.0. The minimum atomic E-state index is -1.12. The highest BCUT2D eigenvalue weighted by atomic mass is 16.4. The Morgan fingerprint density at radius 1 is 1.04 bits per heavy atom. The Bertz CT molecular complexity index is 641. The number of hydrogen-bond donors (Lipinski definition) is 2. The summed E-state index contributed by atoms with van der Waals surface area (Å²) in [6.45, 7) is 5.34. The van der Waals surface area contributed by atoms with Gasteiger partial charge in [0.05, 0.1) is 11.4 Å². The van der Waals surface area contributed by atoms with E-state index in [1.807, 2.05) is 0 Å². The highest BCUT2D eigenvalue weighted by molar-refractivity contribution is 5.67. The summed E-state index contributed by atoms with van der Waals surface area (Å²) in [5.41, 5.74) is 0.158. The molecule has 2 aromatic heterocycles. The molecule has 0 bridgehead atoms. The average Bonchev–Trinajstić information content (AvgIpc) is 2.52. The van der Waals surface area contributed by atoms with E-state index in [2.05, 4.69) is 9.97 Å². The van der Waals surface area contributed by atoms with Crippen molar-refractivity contribution in [3.63, 3.8) is 0 Å². The fourth-order valence-corrected chi connectivity index (χ4v) is 2.52. The highest BCUT2D eigenvalue weighted by Crippen LogP contribution is 2.36. The molecule has 0 aliphatic heterocycles. The van der Waals surface area contributed by atoms with Gasteiger partial charge in [0.15, 0.2) is 0 Å². The van der Waals surface area contributed by atoms with E-state index in [-0.39, 0.29) is 0 Å². The Labute approximate surface area is 135 Å². The van der Waals surface area contributed by atoms with Crippen molar-refractivity contribution in [2.75, 3.05) is 0 Å². The van der Waals surface area contributed by atoms with Crippen LogP contribution in [0.3, 0.4) is 0 Å². The number of amides is 1. The van der Waals surface area contributed by atoms with Crippen molar-refractivity contribution in [2.24, 2.45) is 0 Å². The Morgan fingerprint density at radius 2 is 1.57 bits per heavy atom. The molecule has 0 aliphatic rings. The van der Waals surface area contributed by atoms with E-state index in [4.69, 9.17) is 0 Å². The molecule has 2 N–H and O–H groups in total. The molecule has 0 spiro atoms. The van der Waals surface area contributed by atoms with Gasteiger partial charge in [-0.25, -0.2) is 4.79 Å². The summed E-state index contributed by atoms with van der Waals surface area (Å²) in [5.74, 6) is 0. The fraction of sp³-hybridized carbons (Fsp3) is 0.353. The first kappa shape index (κ1) is 16.9. The normalized spacial score (nSPS) is 14.1. The van der Waals surface area contributed by atoms with Crippen LogP contribution in [0.1, 0.15) is 44.3 Å². The number of carbonyl (C=O) groups is 1. The fourth-order valence-electron chi connectivity index (χ4n) is 2.52. The molecule has 122 valence electrons. The molecule has 2 heterocycles. The number of pyridine rings is 2.